The Morgan fingerprint density at radius 2 is 2.40 bits per heavy atom. The summed E-state index contributed by atoms with van der Waals surface area (Å²) in [5, 5.41) is 13.6. The van der Waals surface area contributed by atoms with Gasteiger partial charge in [-0.05, 0) is 12.1 Å². The molecule has 0 heterocycles. The average Bonchev–Trinajstić information content (AvgIpc) is 2.18. The molecule has 0 saturated carbocycles. The standard InChI is InChI=1S/C9H9ClN2O3/c1-15-9-6(10)3-2-4-7(9)12-8(13)5-11-14/h2-5,14H,1H3,(H,12,13). The Hall–Kier alpha value is -1.75. The van der Waals surface area contributed by atoms with E-state index in [1.807, 2.05) is 0 Å². The number of methoxy groups -OCH3 is 1. The molecule has 2 N–H and O–H groups in total. The lowest BCUT2D eigenvalue weighted by Gasteiger charge is -2.09. The van der Waals surface area contributed by atoms with Crippen LogP contribution >= 0.6 is 11.6 Å². The molecule has 1 aromatic rings. The zero-order chi connectivity index (χ0) is 11.3. The summed E-state index contributed by atoms with van der Waals surface area (Å²) in [5.74, 6) is -0.211. The van der Waals surface area contributed by atoms with Crippen LogP contribution in [0.4, 0.5) is 5.69 Å². The molecule has 5 nitrogen and oxygen atoms in total. The number of benzene rings is 1. The van der Waals surface area contributed by atoms with Gasteiger partial charge >= 0.3 is 0 Å². The highest BCUT2D eigenvalue weighted by Gasteiger charge is 2.08. The van der Waals surface area contributed by atoms with Crippen molar-refractivity contribution < 1.29 is 14.7 Å². The summed E-state index contributed by atoms with van der Waals surface area (Å²) < 4.78 is 5.00. The van der Waals surface area contributed by atoms with E-state index in [9.17, 15) is 4.79 Å². The Balaban J connectivity index is 2.94. The molecule has 80 valence electrons. The smallest absolute Gasteiger partial charge is 0.270 e. The largest absolute Gasteiger partial charge is 0.493 e. The molecule has 0 aliphatic carbocycles. The van der Waals surface area contributed by atoms with E-state index in [0.29, 0.717) is 16.5 Å². The van der Waals surface area contributed by atoms with Crippen molar-refractivity contribution in [2.45, 2.75) is 0 Å². The molecule has 0 saturated heterocycles. The number of nitrogens with one attached hydrogen (secondary N) is 1. The third-order valence-electron chi connectivity index (χ3n) is 1.60. The number of anilines is 1. The lowest BCUT2D eigenvalue weighted by atomic mass is 10.3. The van der Waals surface area contributed by atoms with Gasteiger partial charge in [-0.2, -0.15) is 0 Å². The maximum atomic E-state index is 11.1. The van der Waals surface area contributed by atoms with Gasteiger partial charge in [-0.3, -0.25) is 4.79 Å². The molecule has 0 bridgehead atoms. The maximum absolute atomic E-state index is 11.1. The van der Waals surface area contributed by atoms with E-state index in [0.717, 1.165) is 6.21 Å². The van der Waals surface area contributed by atoms with Crippen molar-refractivity contribution in [3.8, 4) is 5.75 Å². The first kappa shape index (κ1) is 11.3. The summed E-state index contributed by atoms with van der Waals surface area (Å²) in [6.07, 6.45) is 0.736. The van der Waals surface area contributed by atoms with Gasteiger partial charge in [0.25, 0.3) is 5.91 Å². The van der Waals surface area contributed by atoms with Gasteiger partial charge in [0.1, 0.15) is 6.21 Å². The van der Waals surface area contributed by atoms with Crippen LogP contribution < -0.4 is 10.1 Å². The molecule has 1 aromatic carbocycles. The van der Waals surface area contributed by atoms with Crippen LogP contribution in [-0.2, 0) is 4.79 Å². The minimum absolute atomic E-state index is 0.360. The number of carbonyl (C=O) groups is 1. The van der Waals surface area contributed by atoms with Crippen molar-refractivity contribution >= 4 is 29.4 Å². The van der Waals surface area contributed by atoms with Gasteiger partial charge in [0.15, 0.2) is 5.75 Å². The quantitative estimate of drug-likeness (QED) is 0.470. The maximum Gasteiger partial charge on any atom is 0.270 e. The summed E-state index contributed by atoms with van der Waals surface area (Å²) in [5.41, 5.74) is 0.412. The third-order valence-corrected chi connectivity index (χ3v) is 1.90. The van der Waals surface area contributed by atoms with Crippen molar-refractivity contribution in [1.82, 2.24) is 0 Å². The molecular weight excluding hydrogens is 220 g/mol. The number of amides is 1. The lowest BCUT2D eigenvalue weighted by molar-refractivity contribution is -0.110. The van der Waals surface area contributed by atoms with Gasteiger partial charge in [-0.1, -0.05) is 22.8 Å². The second-order valence-corrected chi connectivity index (χ2v) is 2.96. The fraction of sp³-hybridized carbons (Fsp3) is 0.111. The molecule has 0 fully saturated rings. The summed E-state index contributed by atoms with van der Waals surface area (Å²) in [4.78, 5) is 11.1. The van der Waals surface area contributed by atoms with Crippen LogP contribution in [0.1, 0.15) is 0 Å². The third kappa shape index (κ3) is 2.85. The van der Waals surface area contributed by atoms with E-state index in [2.05, 4.69) is 10.5 Å². The summed E-state index contributed by atoms with van der Waals surface area (Å²) in [6.45, 7) is 0. The average molecular weight is 229 g/mol. The number of hydrogen-bond acceptors (Lipinski definition) is 4. The molecule has 0 unspecified atom stereocenters. The molecule has 0 spiro atoms. The predicted molar refractivity (Wildman–Crippen MR) is 56.9 cm³/mol. The molecule has 0 radical (unpaired) electrons. The first-order valence-corrected chi connectivity index (χ1v) is 4.37. The van der Waals surface area contributed by atoms with Crippen LogP contribution in [0, 0.1) is 0 Å². The number of halogens is 1. The van der Waals surface area contributed by atoms with Crippen LogP contribution in [-0.4, -0.2) is 24.4 Å². The molecule has 0 atom stereocenters. The van der Waals surface area contributed by atoms with Crippen LogP contribution in [0.3, 0.4) is 0 Å². The zero-order valence-corrected chi connectivity index (χ0v) is 8.65. The Bertz CT molecular complexity index is 393. The van der Waals surface area contributed by atoms with E-state index in [4.69, 9.17) is 21.5 Å². The molecule has 1 amide bonds. The van der Waals surface area contributed by atoms with Crippen molar-refractivity contribution in [2.24, 2.45) is 5.16 Å². The van der Waals surface area contributed by atoms with Gasteiger partial charge in [0.05, 0.1) is 17.8 Å². The highest BCUT2D eigenvalue weighted by atomic mass is 35.5. The van der Waals surface area contributed by atoms with Crippen molar-refractivity contribution in [3.63, 3.8) is 0 Å². The number of para-hydroxylation sites is 1. The van der Waals surface area contributed by atoms with Gasteiger partial charge in [-0.25, -0.2) is 0 Å². The number of carbonyl (C=O) groups excluding carboxylic acids is 1. The topological polar surface area (TPSA) is 70.9 Å². The normalized spacial score (nSPS) is 10.3. The van der Waals surface area contributed by atoms with Crippen molar-refractivity contribution in [1.29, 1.82) is 0 Å². The lowest BCUT2D eigenvalue weighted by Crippen LogP contribution is -2.13. The molecular formula is C9H9ClN2O3. The number of hydrogen-bond donors (Lipinski definition) is 2. The SMILES string of the molecule is COc1c(Cl)cccc1NC(=O)C=NO. The van der Waals surface area contributed by atoms with E-state index in [-0.39, 0.29) is 0 Å². The van der Waals surface area contributed by atoms with Gasteiger partial charge < -0.3 is 15.3 Å². The minimum Gasteiger partial charge on any atom is -0.493 e. The number of ether oxygens (including phenoxy) is 1. The molecule has 0 aliphatic heterocycles. The highest BCUT2D eigenvalue weighted by Crippen LogP contribution is 2.32. The zero-order valence-electron chi connectivity index (χ0n) is 7.90. The van der Waals surface area contributed by atoms with Crippen LogP contribution in [0.2, 0.25) is 5.02 Å². The van der Waals surface area contributed by atoms with Crippen molar-refractivity contribution in [3.05, 3.63) is 23.2 Å². The van der Waals surface area contributed by atoms with E-state index in [1.54, 1.807) is 18.2 Å². The Kier molecular flexibility index (Phi) is 3.93. The van der Waals surface area contributed by atoms with Gasteiger partial charge in [0.2, 0.25) is 0 Å². The summed E-state index contributed by atoms with van der Waals surface area (Å²) in [6, 6.07) is 4.92. The van der Waals surface area contributed by atoms with Crippen LogP contribution in [0.25, 0.3) is 0 Å². The molecule has 6 heteroatoms. The van der Waals surface area contributed by atoms with Crippen LogP contribution in [0.15, 0.2) is 23.4 Å². The van der Waals surface area contributed by atoms with Crippen molar-refractivity contribution in [2.75, 3.05) is 12.4 Å². The Morgan fingerprint density at radius 1 is 1.67 bits per heavy atom. The second kappa shape index (κ2) is 5.21. The number of oxime groups is 1. The molecule has 1 rings (SSSR count). The first-order valence-electron chi connectivity index (χ1n) is 4.00. The predicted octanol–water partition coefficient (Wildman–Crippen LogP) is 1.75. The van der Waals surface area contributed by atoms with E-state index < -0.39 is 5.91 Å². The summed E-state index contributed by atoms with van der Waals surface area (Å²) in [7, 11) is 1.44. The number of rotatable bonds is 3. The summed E-state index contributed by atoms with van der Waals surface area (Å²) >= 11 is 5.83. The van der Waals surface area contributed by atoms with Crippen LogP contribution in [0.5, 0.6) is 5.75 Å². The fourth-order valence-electron chi connectivity index (χ4n) is 1.03. The van der Waals surface area contributed by atoms with E-state index >= 15 is 0 Å². The minimum atomic E-state index is -0.571. The molecule has 0 aliphatic rings. The Morgan fingerprint density at radius 3 is 3.00 bits per heavy atom. The van der Waals surface area contributed by atoms with Gasteiger partial charge in [-0.15, -0.1) is 0 Å². The molecule has 15 heavy (non-hydrogen) atoms. The van der Waals surface area contributed by atoms with E-state index in [1.165, 1.54) is 7.11 Å². The molecule has 0 aromatic heterocycles. The highest BCUT2D eigenvalue weighted by molar-refractivity contribution is 6.34. The fourth-order valence-corrected chi connectivity index (χ4v) is 1.28. The number of nitrogens with zero attached hydrogens (tertiary/aromatic N) is 1. The first-order chi connectivity index (χ1) is 7.19. The van der Waals surface area contributed by atoms with Gasteiger partial charge in [0, 0.05) is 0 Å². The Labute approximate surface area is 91.3 Å². The second-order valence-electron chi connectivity index (χ2n) is 2.55. The monoisotopic (exact) mass is 228 g/mol.